The van der Waals surface area contributed by atoms with Gasteiger partial charge in [0.1, 0.15) is 0 Å². The highest BCUT2D eigenvalue weighted by molar-refractivity contribution is 5.45. The Labute approximate surface area is 111 Å². The van der Waals surface area contributed by atoms with E-state index in [1.54, 1.807) is 0 Å². The molecule has 1 aromatic heterocycles. The van der Waals surface area contributed by atoms with E-state index in [2.05, 4.69) is 54.9 Å². The lowest BCUT2D eigenvalue weighted by Gasteiger charge is -2.18. The van der Waals surface area contributed by atoms with Gasteiger partial charge in [0.2, 0.25) is 0 Å². The lowest BCUT2D eigenvalue weighted by Crippen LogP contribution is -2.18. The molecule has 98 valence electrons. The van der Waals surface area contributed by atoms with Crippen LogP contribution in [0.15, 0.2) is 24.4 Å². The molecule has 1 aromatic rings. The van der Waals surface area contributed by atoms with E-state index in [0.717, 1.165) is 12.2 Å². The van der Waals surface area contributed by atoms with Crippen molar-refractivity contribution >= 4 is 6.08 Å². The van der Waals surface area contributed by atoms with Crippen molar-refractivity contribution in [2.24, 2.45) is 0 Å². The summed E-state index contributed by atoms with van der Waals surface area (Å²) in [5, 5.41) is 0. The maximum atomic E-state index is 4.50. The van der Waals surface area contributed by atoms with Crippen molar-refractivity contribution in [3.63, 3.8) is 0 Å². The summed E-state index contributed by atoms with van der Waals surface area (Å²) in [6, 6.07) is 4.30. The number of hydrogen-bond acceptors (Lipinski definition) is 2. The van der Waals surface area contributed by atoms with E-state index in [0.29, 0.717) is 0 Å². The summed E-state index contributed by atoms with van der Waals surface area (Å²) in [6.45, 7) is 10.2. The molecule has 2 nitrogen and oxygen atoms in total. The van der Waals surface area contributed by atoms with Gasteiger partial charge in [-0.3, -0.25) is 9.88 Å². The molecule has 0 aromatic carbocycles. The van der Waals surface area contributed by atoms with Crippen LogP contribution in [0.4, 0.5) is 0 Å². The van der Waals surface area contributed by atoms with Crippen LogP contribution in [0, 0.1) is 0 Å². The standard InChI is InChI=1S/C16H24N2/c1-16(2,3)14-8-9-15(17-13-14)7-6-12-18-10-4-5-11-18/h6-9,13H,4-5,10-12H2,1-3H3/b7-6+. The smallest absolute Gasteiger partial charge is 0.0627 e. The van der Waals surface area contributed by atoms with Crippen molar-refractivity contribution in [2.45, 2.75) is 39.0 Å². The van der Waals surface area contributed by atoms with Crippen LogP contribution >= 0.6 is 0 Å². The van der Waals surface area contributed by atoms with Crippen LogP contribution in [0.25, 0.3) is 6.08 Å². The highest BCUT2D eigenvalue weighted by atomic mass is 15.1. The van der Waals surface area contributed by atoms with Crippen molar-refractivity contribution in [1.29, 1.82) is 0 Å². The Morgan fingerprint density at radius 1 is 1.22 bits per heavy atom. The molecule has 1 aliphatic rings. The Bertz CT molecular complexity index is 392. The third kappa shape index (κ3) is 3.67. The maximum absolute atomic E-state index is 4.50. The molecular weight excluding hydrogens is 220 g/mol. The fraction of sp³-hybridized carbons (Fsp3) is 0.562. The second-order valence-electron chi connectivity index (χ2n) is 6.13. The second kappa shape index (κ2) is 5.66. The summed E-state index contributed by atoms with van der Waals surface area (Å²) in [6.07, 6.45) is 9.06. The first kappa shape index (κ1) is 13.3. The number of hydrogen-bond donors (Lipinski definition) is 0. The van der Waals surface area contributed by atoms with Gasteiger partial charge in [-0.05, 0) is 49.1 Å². The van der Waals surface area contributed by atoms with E-state index >= 15 is 0 Å². The molecule has 1 saturated heterocycles. The first-order valence-corrected chi connectivity index (χ1v) is 6.91. The highest BCUT2D eigenvalue weighted by Crippen LogP contribution is 2.21. The molecule has 0 spiro atoms. The molecule has 2 heteroatoms. The molecule has 0 aliphatic carbocycles. The first-order valence-electron chi connectivity index (χ1n) is 6.91. The minimum Gasteiger partial charge on any atom is -0.300 e. The molecule has 0 bridgehead atoms. The van der Waals surface area contributed by atoms with Crippen molar-refractivity contribution in [2.75, 3.05) is 19.6 Å². The minimum atomic E-state index is 0.185. The minimum absolute atomic E-state index is 0.185. The molecule has 18 heavy (non-hydrogen) atoms. The van der Waals surface area contributed by atoms with Crippen LogP contribution in [0.5, 0.6) is 0 Å². The Balaban J connectivity index is 1.91. The Morgan fingerprint density at radius 3 is 2.50 bits per heavy atom. The van der Waals surface area contributed by atoms with Crippen molar-refractivity contribution in [3.05, 3.63) is 35.7 Å². The fourth-order valence-electron chi connectivity index (χ4n) is 2.24. The first-order chi connectivity index (χ1) is 8.55. The number of rotatable bonds is 3. The topological polar surface area (TPSA) is 16.1 Å². The van der Waals surface area contributed by atoms with E-state index in [1.165, 1.54) is 31.5 Å². The zero-order valence-electron chi connectivity index (χ0n) is 11.8. The molecule has 0 amide bonds. The second-order valence-corrected chi connectivity index (χ2v) is 6.13. The van der Waals surface area contributed by atoms with E-state index in [1.807, 2.05) is 6.20 Å². The molecule has 0 unspecified atom stereocenters. The third-order valence-electron chi connectivity index (χ3n) is 3.50. The fourth-order valence-corrected chi connectivity index (χ4v) is 2.24. The summed E-state index contributed by atoms with van der Waals surface area (Å²) in [7, 11) is 0. The molecule has 2 rings (SSSR count). The number of pyridine rings is 1. The van der Waals surface area contributed by atoms with Gasteiger partial charge in [0, 0.05) is 12.7 Å². The lowest BCUT2D eigenvalue weighted by molar-refractivity contribution is 0.378. The average molecular weight is 244 g/mol. The SMILES string of the molecule is CC(C)(C)c1ccc(/C=C/CN2CCCC2)nc1. The summed E-state index contributed by atoms with van der Waals surface area (Å²) in [5.41, 5.74) is 2.53. The number of nitrogens with zero attached hydrogens (tertiary/aromatic N) is 2. The van der Waals surface area contributed by atoms with Gasteiger partial charge in [0.05, 0.1) is 5.69 Å². The molecule has 0 saturated carbocycles. The predicted molar refractivity (Wildman–Crippen MR) is 77.6 cm³/mol. The van der Waals surface area contributed by atoms with Gasteiger partial charge in [0.15, 0.2) is 0 Å². The van der Waals surface area contributed by atoms with Crippen LogP contribution < -0.4 is 0 Å². The molecule has 2 heterocycles. The zero-order chi connectivity index (χ0) is 13.0. The van der Waals surface area contributed by atoms with Crippen molar-refractivity contribution < 1.29 is 0 Å². The third-order valence-corrected chi connectivity index (χ3v) is 3.50. The molecular formula is C16H24N2. The van der Waals surface area contributed by atoms with Crippen LogP contribution in [-0.2, 0) is 5.41 Å². The van der Waals surface area contributed by atoms with Crippen LogP contribution in [-0.4, -0.2) is 29.5 Å². The van der Waals surface area contributed by atoms with Gasteiger partial charge in [-0.15, -0.1) is 0 Å². The van der Waals surface area contributed by atoms with Gasteiger partial charge in [-0.2, -0.15) is 0 Å². The summed E-state index contributed by atoms with van der Waals surface area (Å²) in [5.74, 6) is 0. The largest absolute Gasteiger partial charge is 0.300 e. The number of aromatic nitrogens is 1. The van der Waals surface area contributed by atoms with Crippen molar-refractivity contribution in [3.8, 4) is 0 Å². The van der Waals surface area contributed by atoms with Gasteiger partial charge in [-0.25, -0.2) is 0 Å². The van der Waals surface area contributed by atoms with Crippen LogP contribution in [0.1, 0.15) is 44.9 Å². The molecule has 1 fully saturated rings. The highest BCUT2D eigenvalue weighted by Gasteiger charge is 2.13. The van der Waals surface area contributed by atoms with Crippen LogP contribution in [0.3, 0.4) is 0 Å². The van der Waals surface area contributed by atoms with Crippen molar-refractivity contribution in [1.82, 2.24) is 9.88 Å². The van der Waals surface area contributed by atoms with E-state index in [-0.39, 0.29) is 5.41 Å². The monoisotopic (exact) mass is 244 g/mol. The normalized spacial score (nSPS) is 17.7. The van der Waals surface area contributed by atoms with Gasteiger partial charge in [-0.1, -0.05) is 32.9 Å². The van der Waals surface area contributed by atoms with Gasteiger partial charge < -0.3 is 0 Å². The quantitative estimate of drug-likeness (QED) is 0.809. The van der Waals surface area contributed by atoms with E-state index in [9.17, 15) is 0 Å². The molecule has 1 aliphatic heterocycles. The van der Waals surface area contributed by atoms with E-state index in [4.69, 9.17) is 0 Å². The molecule has 0 atom stereocenters. The molecule has 0 N–H and O–H groups in total. The predicted octanol–water partition coefficient (Wildman–Crippen LogP) is 3.49. The Morgan fingerprint density at radius 2 is 1.94 bits per heavy atom. The zero-order valence-corrected chi connectivity index (χ0v) is 11.8. The maximum Gasteiger partial charge on any atom is 0.0627 e. The summed E-state index contributed by atoms with van der Waals surface area (Å²) < 4.78 is 0. The Kier molecular flexibility index (Phi) is 4.18. The lowest BCUT2D eigenvalue weighted by atomic mass is 9.88. The average Bonchev–Trinajstić information content (AvgIpc) is 2.82. The number of likely N-dealkylation sites (tertiary alicyclic amines) is 1. The summed E-state index contributed by atoms with van der Waals surface area (Å²) in [4.78, 5) is 6.99. The van der Waals surface area contributed by atoms with E-state index < -0.39 is 0 Å². The van der Waals surface area contributed by atoms with Gasteiger partial charge in [0.25, 0.3) is 0 Å². The van der Waals surface area contributed by atoms with Crippen LogP contribution in [0.2, 0.25) is 0 Å². The summed E-state index contributed by atoms with van der Waals surface area (Å²) >= 11 is 0. The Hall–Kier alpha value is -1.15. The van der Waals surface area contributed by atoms with Gasteiger partial charge >= 0.3 is 0 Å². The molecule has 0 radical (unpaired) electrons.